The van der Waals surface area contributed by atoms with Crippen molar-refractivity contribution in [2.75, 3.05) is 0 Å². The lowest BCUT2D eigenvalue weighted by Crippen LogP contribution is -2.17. The first-order valence-corrected chi connectivity index (χ1v) is 5.75. The Kier molecular flexibility index (Phi) is 4.50. The topological polar surface area (TPSA) is 66.8 Å². The van der Waals surface area contributed by atoms with Crippen molar-refractivity contribution < 1.29 is 19.7 Å². The minimum atomic E-state index is -1.18. The maximum atomic E-state index is 11.4. The summed E-state index contributed by atoms with van der Waals surface area (Å²) in [4.78, 5) is 11.4. The zero-order valence-electron chi connectivity index (χ0n) is 10.1. The second-order valence-corrected chi connectivity index (χ2v) is 4.46. The maximum Gasteiger partial charge on any atom is 0.339 e. The average molecular weight is 228 g/mol. The molecule has 4 heteroatoms. The van der Waals surface area contributed by atoms with Crippen molar-refractivity contribution in [3.63, 3.8) is 0 Å². The number of hydrogen-bond donors (Lipinski definition) is 2. The summed E-state index contributed by atoms with van der Waals surface area (Å²) in [7, 11) is 0. The SMILES string of the molecule is CCC(C)CCC(O)C1=C(C)C(O)OC1=O. The highest BCUT2D eigenvalue weighted by Crippen LogP contribution is 2.26. The molecule has 1 aliphatic rings. The van der Waals surface area contributed by atoms with Gasteiger partial charge in [-0.3, -0.25) is 0 Å². The van der Waals surface area contributed by atoms with E-state index in [0.717, 1.165) is 12.8 Å². The second kappa shape index (κ2) is 5.46. The van der Waals surface area contributed by atoms with Crippen LogP contribution in [0.1, 0.15) is 40.0 Å². The predicted octanol–water partition coefficient (Wildman–Crippen LogP) is 1.37. The molecule has 1 aliphatic heterocycles. The van der Waals surface area contributed by atoms with Crippen LogP contribution in [-0.4, -0.2) is 28.6 Å². The van der Waals surface area contributed by atoms with Gasteiger partial charge in [0, 0.05) is 5.57 Å². The van der Waals surface area contributed by atoms with E-state index in [0.29, 0.717) is 17.9 Å². The number of ether oxygens (including phenoxy) is 1. The molecule has 1 heterocycles. The lowest BCUT2D eigenvalue weighted by molar-refractivity contribution is -0.152. The van der Waals surface area contributed by atoms with E-state index in [1.807, 2.05) is 0 Å². The summed E-state index contributed by atoms with van der Waals surface area (Å²) in [5.41, 5.74) is 0.664. The van der Waals surface area contributed by atoms with E-state index in [4.69, 9.17) is 0 Å². The fourth-order valence-corrected chi connectivity index (χ4v) is 1.74. The van der Waals surface area contributed by atoms with Gasteiger partial charge in [-0.2, -0.15) is 0 Å². The quantitative estimate of drug-likeness (QED) is 0.697. The van der Waals surface area contributed by atoms with Gasteiger partial charge in [-0.15, -0.1) is 0 Å². The molecule has 0 aromatic carbocycles. The molecular weight excluding hydrogens is 208 g/mol. The van der Waals surface area contributed by atoms with Crippen molar-refractivity contribution in [3.8, 4) is 0 Å². The van der Waals surface area contributed by atoms with Crippen molar-refractivity contribution in [2.45, 2.75) is 52.4 Å². The predicted molar refractivity (Wildman–Crippen MR) is 59.5 cm³/mol. The molecule has 16 heavy (non-hydrogen) atoms. The van der Waals surface area contributed by atoms with E-state index >= 15 is 0 Å². The van der Waals surface area contributed by atoms with Gasteiger partial charge in [0.15, 0.2) is 0 Å². The second-order valence-electron chi connectivity index (χ2n) is 4.46. The smallest absolute Gasteiger partial charge is 0.339 e. The van der Waals surface area contributed by atoms with Crippen LogP contribution in [0.2, 0.25) is 0 Å². The summed E-state index contributed by atoms with van der Waals surface area (Å²) < 4.78 is 4.62. The zero-order valence-corrected chi connectivity index (χ0v) is 10.1. The Balaban J connectivity index is 2.60. The van der Waals surface area contributed by atoms with Gasteiger partial charge in [0.25, 0.3) is 0 Å². The molecule has 92 valence electrons. The summed E-state index contributed by atoms with van der Waals surface area (Å²) >= 11 is 0. The molecule has 0 aromatic rings. The fraction of sp³-hybridized carbons (Fsp3) is 0.750. The van der Waals surface area contributed by atoms with Crippen molar-refractivity contribution >= 4 is 5.97 Å². The summed E-state index contributed by atoms with van der Waals surface area (Å²) in [6.07, 6.45) is 0.443. The Bertz CT molecular complexity index is 295. The third-order valence-electron chi connectivity index (χ3n) is 3.20. The van der Waals surface area contributed by atoms with Gasteiger partial charge < -0.3 is 14.9 Å². The minimum Gasteiger partial charge on any atom is -0.428 e. The lowest BCUT2D eigenvalue weighted by Gasteiger charge is -2.13. The minimum absolute atomic E-state index is 0.232. The van der Waals surface area contributed by atoms with E-state index in [1.165, 1.54) is 0 Å². The standard InChI is InChI=1S/C12H20O4/c1-4-7(2)5-6-9(13)10-8(3)11(14)16-12(10)15/h7,9,11,13-14H,4-6H2,1-3H3. The number of carbonyl (C=O) groups excluding carboxylic acids is 1. The normalized spacial score (nSPS) is 24.6. The van der Waals surface area contributed by atoms with Crippen molar-refractivity contribution in [1.82, 2.24) is 0 Å². The number of aliphatic hydroxyl groups excluding tert-OH is 2. The average Bonchev–Trinajstić information content (AvgIpc) is 2.49. The van der Waals surface area contributed by atoms with E-state index in [2.05, 4.69) is 18.6 Å². The molecule has 3 unspecified atom stereocenters. The number of rotatable bonds is 5. The number of carbonyl (C=O) groups is 1. The highest BCUT2D eigenvalue weighted by atomic mass is 16.6. The Morgan fingerprint density at radius 3 is 2.50 bits per heavy atom. The van der Waals surface area contributed by atoms with Crippen LogP contribution in [0.3, 0.4) is 0 Å². The van der Waals surface area contributed by atoms with E-state index in [1.54, 1.807) is 6.92 Å². The highest BCUT2D eigenvalue weighted by Gasteiger charge is 2.33. The molecule has 0 aliphatic carbocycles. The first kappa shape index (κ1) is 13.2. The number of cyclic esters (lactones) is 1. The van der Waals surface area contributed by atoms with E-state index in [-0.39, 0.29) is 5.57 Å². The van der Waals surface area contributed by atoms with Crippen LogP contribution >= 0.6 is 0 Å². The summed E-state index contributed by atoms with van der Waals surface area (Å²) in [5, 5.41) is 19.2. The van der Waals surface area contributed by atoms with Gasteiger partial charge in [0.05, 0.1) is 11.7 Å². The summed E-state index contributed by atoms with van der Waals surface area (Å²) in [5.74, 6) is -0.0699. The van der Waals surface area contributed by atoms with Crippen LogP contribution in [-0.2, 0) is 9.53 Å². The fourth-order valence-electron chi connectivity index (χ4n) is 1.74. The van der Waals surface area contributed by atoms with Crippen LogP contribution in [0.25, 0.3) is 0 Å². The van der Waals surface area contributed by atoms with Crippen LogP contribution in [0.4, 0.5) is 0 Å². The molecule has 0 saturated carbocycles. The first-order valence-electron chi connectivity index (χ1n) is 5.75. The van der Waals surface area contributed by atoms with Gasteiger partial charge in [-0.25, -0.2) is 4.79 Å². The molecule has 0 spiro atoms. The molecule has 2 N–H and O–H groups in total. The van der Waals surface area contributed by atoms with Crippen molar-refractivity contribution in [1.29, 1.82) is 0 Å². The maximum absolute atomic E-state index is 11.4. The molecule has 0 radical (unpaired) electrons. The monoisotopic (exact) mass is 228 g/mol. The van der Waals surface area contributed by atoms with Crippen molar-refractivity contribution in [2.24, 2.45) is 5.92 Å². The zero-order chi connectivity index (χ0) is 12.3. The van der Waals surface area contributed by atoms with Gasteiger partial charge in [0.2, 0.25) is 6.29 Å². The number of aliphatic hydroxyl groups is 2. The van der Waals surface area contributed by atoms with Crippen LogP contribution in [0, 0.1) is 5.92 Å². The Morgan fingerprint density at radius 2 is 2.06 bits per heavy atom. The number of esters is 1. The number of hydrogen-bond acceptors (Lipinski definition) is 4. The molecule has 3 atom stereocenters. The van der Waals surface area contributed by atoms with Crippen molar-refractivity contribution in [3.05, 3.63) is 11.1 Å². The van der Waals surface area contributed by atoms with Crippen LogP contribution in [0.5, 0.6) is 0 Å². The molecule has 0 amide bonds. The molecule has 0 bridgehead atoms. The van der Waals surface area contributed by atoms with Crippen LogP contribution in [0.15, 0.2) is 11.1 Å². The van der Waals surface area contributed by atoms with E-state index < -0.39 is 18.4 Å². The Morgan fingerprint density at radius 1 is 1.44 bits per heavy atom. The molecule has 4 nitrogen and oxygen atoms in total. The lowest BCUT2D eigenvalue weighted by atomic mass is 9.95. The molecular formula is C12H20O4. The highest BCUT2D eigenvalue weighted by molar-refractivity contribution is 5.92. The molecule has 0 saturated heterocycles. The van der Waals surface area contributed by atoms with Gasteiger partial charge in [0.1, 0.15) is 0 Å². The molecule has 0 aromatic heterocycles. The van der Waals surface area contributed by atoms with E-state index in [9.17, 15) is 15.0 Å². The van der Waals surface area contributed by atoms with Gasteiger partial charge in [-0.1, -0.05) is 20.3 Å². The molecule has 1 rings (SSSR count). The summed E-state index contributed by atoms with van der Waals surface area (Å²) in [6, 6.07) is 0. The van der Waals surface area contributed by atoms with Crippen LogP contribution < -0.4 is 0 Å². The van der Waals surface area contributed by atoms with Gasteiger partial charge >= 0.3 is 5.97 Å². The Hall–Kier alpha value is -0.870. The van der Waals surface area contributed by atoms with Gasteiger partial charge in [-0.05, 0) is 25.7 Å². The molecule has 0 fully saturated rings. The first-order chi connectivity index (χ1) is 7.47. The third kappa shape index (κ3) is 2.83. The largest absolute Gasteiger partial charge is 0.428 e. The Labute approximate surface area is 95.9 Å². The summed E-state index contributed by atoms with van der Waals surface area (Å²) in [6.45, 7) is 5.81. The third-order valence-corrected chi connectivity index (χ3v) is 3.20.